The molecule has 0 spiro atoms. The lowest BCUT2D eigenvalue weighted by atomic mass is 10.4. The molecule has 0 amide bonds. The van der Waals surface area contributed by atoms with Gasteiger partial charge < -0.3 is 4.52 Å². The number of rotatable bonds is 2. The Morgan fingerprint density at radius 3 is 3.11 bits per heavy atom. The molecule has 0 aliphatic carbocycles. The van der Waals surface area contributed by atoms with Crippen molar-refractivity contribution in [2.45, 2.75) is 0 Å². The van der Waals surface area contributed by atoms with Gasteiger partial charge in [0.2, 0.25) is 0 Å². The van der Waals surface area contributed by atoms with Gasteiger partial charge in [-0.15, -0.1) is 0 Å². The van der Waals surface area contributed by atoms with Crippen molar-refractivity contribution in [1.29, 1.82) is 0 Å². The second-order valence-electron chi connectivity index (χ2n) is 1.41. The number of allylic oxidation sites excluding steroid dienone is 1. The first kappa shape index (κ1) is 5.75. The van der Waals surface area contributed by atoms with E-state index in [-0.39, 0.29) is 0 Å². The van der Waals surface area contributed by atoms with Gasteiger partial charge in [-0.05, 0) is 12.2 Å². The van der Waals surface area contributed by atoms with Gasteiger partial charge in [-0.25, -0.2) is 0 Å². The zero-order valence-electron chi connectivity index (χ0n) is 4.65. The Bertz CT molecular complexity index is 201. The smallest absolute Gasteiger partial charge is 0.159 e. The molecule has 0 bridgehead atoms. The van der Waals surface area contributed by atoms with Crippen LogP contribution in [0.25, 0.3) is 6.08 Å². The van der Waals surface area contributed by atoms with Crippen LogP contribution >= 0.6 is 0 Å². The summed E-state index contributed by atoms with van der Waals surface area (Å²) in [6.07, 6.45) is 5.09. The van der Waals surface area contributed by atoms with Crippen LogP contribution in [-0.2, 0) is 4.79 Å². The molecule has 1 aromatic heterocycles. The molecule has 1 rings (SSSR count). The molecule has 0 radical (unpaired) electrons. The van der Waals surface area contributed by atoms with Crippen LogP contribution in [0.2, 0.25) is 0 Å². The average molecular weight is 123 g/mol. The molecule has 0 saturated carbocycles. The van der Waals surface area contributed by atoms with E-state index in [2.05, 4.69) is 9.68 Å². The van der Waals surface area contributed by atoms with Crippen LogP contribution in [0.15, 0.2) is 22.9 Å². The maximum Gasteiger partial charge on any atom is 0.159 e. The maximum atomic E-state index is 9.75. The van der Waals surface area contributed by atoms with E-state index in [9.17, 15) is 4.79 Å². The number of carbonyl (C=O) groups excluding carboxylic acids is 1. The van der Waals surface area contributed by atoms with Crippen molar-refractivity contribution >= 4 is 12.4 Å². The molecule has 3 heteroatoms. The fourth-order valence-electron chi connectivity index (χ4n) is 0.446. The Morgan fingerprint density at radius 2 is 2.56 bits per heavy atom. The summed E-state index contributed by atoms with van der Waals surface area (Å²) in [7, 11) is 0. The van der Waals surface area contributed by atoms with Crippen molar-refractivity contribution < 1.29 is 9.32 Å². The third kappa shape index (κ3) is 1.53. The standard InChI is InChI=1S/C6H5NO2/c8-5-1-2-6-3-4-7-9-6/h1-5H/b2-1+. The first-order valence-electron chi connectivity index (χ1n) is 2.46. The lowest BCUT2D eigenvalue weighted by molar-refractivity contribution is -0.104. The lowest BCUT2D eigenvalue weighted by Crippen LogP contribution is -1.61. The van der Waals surface area contributed by atoms with E-state index < -0.39 is 0 Å². The maximum absolute atomic E-state index is 9.75. The number of aromatic nitrogens is 1. The largest absolute Gasteiger partial charge is 0.357 e. The van der Waals surface area contributed by atoms with Gasteiger partial charge in [-0.3, -0.25) is 4.79 Å². The van der Waals surface area contributed by atoms with Crippen LogP contribution in [0.3, 0.4) is 0 Å². The second kappa shape index (κ2) is 2.81. The summed E-state index contributed by atoms with van der Waals surface area (Å²) in [5.74, 6) is 0.585. The molecule has 0 aliphatic rings. The van der Waals surface area contributed by atoms with Crippen LogP contribution < -0.4 is 0 Å². The number of carbonyl (C=O) groups is 1. The minimum atomic E-state index is 0.585. The van der Waals surface area contributed by atoms with Crippen molar-refractivity contribution in [3.8, 4) is 0 Å². The number of hydrogen-bond acceptors (Lipinski definition) is 3. The van der Waals surface area contributed by atoms with Gasteiger partial charge in [0.15, 0.2) is 5.76 Å². The van der Waals surface area contributed by atoms with Gasteiger partial charge in [0.1, 0.15) is 6.29 Å². The molecule has 1 aromatic rings. The molecule has 0 fully saturated rings. The van der Waals surface area contributed by atoms with Gasteiger partial charge in [-0.2, -0.15) is 0 Å². The summed E-state index contributed by atoms with van der Waals surface area (Å²) < 4.78 is 4.64. The predicted octanol–water partition coefficient (Wildman–Crippen LogP) is 0.887. The SMILES string of the molecule is O=C/C=C/c1ccno1. The van der Waals surface area contributed by atoms with E-state index in [1.54, 1.807) is 12.1 Å². The summed E-state index contributed by atoms with van der Waals surface area (Å²) in [6, 6.07) is 1.67. The third-order valence-corrected chi connectivity index (χ3v) is 0.797. The van der Waals surface area contributed by atoms with Crippen molar-refractivity contribution in [2.75, 3.05) is 0 Å². The Balaban J connectivity index is 2.67. The van der Waals surface area contributed by atoms with E-state index in [0.717, 1.165) is 0 Å². The summed E-state index contributed by atoms with van der Waals surface area (Å²) in [5.41, 5.74) is 0. The minimum Gasteiger partial charge on any atom is -0.357 e. The average Bonchev–Trinajstić information content (AvgIpc) is 2.34. The van der Waals surface area contributed by atoms with E-state index >= 15 is 0 Å². The molecule has 46 valence electrons. The molecule has 0 aliphatic heterocycles. The summed E-state index contributed by atoms with van der Waals surface area (Å²) >= 11 is 0. The van der Waals surface area contributed by atoms with Crippen molar-refractivity contribution in [3.63, 3.8) is 0 Å². The molecule has 1 heterocycles. The first-order valence-corrected chi connectivity index (χ1v) is 2.46. The van der Waals surface area contributed by atoms with Crippen molar-refractivity contribution in [1.82, 2.24) is 5.16 Å². The first-order chi connectivity index (χ1) is 4.43. The van der Waals surface area contributed by atoms with Gasteiger partial charge >= 0.3 is 0 Å². The zero-order chi connectivity index (χ0) is 6.53. The molecule has 9 heavy (non-hydrogen) atoms. The lowest BCUT2D eigenvalue weighted by Gasteiger charge is -1.73. The fourth-order valence-corrected chi connectivity index (χ4v) is 0.446. The fraction of sp³-hybridized carbons (Fsp3) is 0. The highest BCUT2D eigenvalue weighted by molar-refractivity contribution is 5.72. The second-order valence-corrected chi connectivity index (χ2v) is 1.41. The summed E-state index contributed by atoms with van der Waals surface area (Å²) in [5, 5.41) is 3.43. The quantitative estimate of drug-likeness (QED) is 0.433. The summed E-state index contributed by atoms with van der Waals surface area (Å²) in [6.45, 7) is 0. The Morgan fingerprint density at radius 1 is 1.67 bits per heavy atom. The van der Waals surface area contributed by atoms with Gasteiger partial charge in [-0.1, -0.05) is 5.16 Å². The minimum absolute atomic E-state index is 0.585. The van der Waals surface area contributed by atoms with Crippen molar-refractivity contribution in [2.24, 2.45) is 0 Å². The van der Waals surface area contributed by atoms with Crippen LogP contribution in [0.4, 0.5) is 0 Å². The third-order valence-electron chi connectivity index (χ3n) is 0.797. The summed E-state index contributed by atoms with van der Waals surface area (Å²) in [4.78, 5) is 9.75. The predicted molar refractivity (Wildman–Crippen MR) is 31.6 cm³/mol. The molecular weight excluding hydrogens is 118 g/mol. The van der Waals surface area contributed by atoms with Crippen LogP contribution in [0.5, 0.6) is 0 Å². The van der Waals surface area contributed by atoms with Crippen LogP contribution in [0.1, 0.15) is 5.76 Å². The number of hydrogen-bond donors (Lipinski definition) is 0. The Hall–Kier alpha value is -1.38. The van der Waals surface area contributed by atoms with Gasteiger partial charge in [0.25, 0.3) is 0 Å². The normalized spacial score (nSPS) is 10.2. The Kier molecular flexibility index (Phi) is 1.80. The monoisotopic (exact) mass is 123 g/mol. The van der Waals surface area contributed by atoms with E-state index in [0.29, 0.717) is 12.0 Å². The molecule has 0 aromatic carbocycles. The van der Waals surface area contributed by atoms with E-state index in [1.807, 2.05) is 0 Å². The molecule has 3 nitrogen and oxygen atoms in total. The van der Waals surface area contributed by atoms with Crippen molar-refractivity contribution in [3.05, 3.63) is 24.1 Å². The van der Waals surface area contributed by atoms with Crippen LogP contribution in [0, 0.1) is 0 Å². The number of nitrogens with zero attached hydrogens (tertiary/aromatic N) is 1. The van der Waals surface area contributed by atoms with Crippen LogP contribution in [-0.4, -0.2) is 11.4 Å². The number of aldehydes is 1. The molecule has 0 atom stereocenters. The molecule has 0 N–H and O–H groups in total. The van der Waals surface area contributed by atoms with Gasteiger partial charge in [0, 0.05) is 6.07 Å². The van der Waals surface area contributed by atoms with E-state index in [1.165, 1.54) is 12.3 Å². The van der Waals surface area contributed by atoms with E-state index in [4.69, 9.17) is 0 Å². The zero-order valence-corrected chi connectivity index (χ0v) is 4.65. The molecule has 0 unspecified atom stereocenters. The Labute approximate surface area is 52.0 Å². The highest BCUT2D eigenvalue weighted by atomic mass is 16.5. The highest BCUT2D eigenvalue weighted by Crippen LogP contribution is 1.97. The highest BCUT2D eigenvalue weighted by Gasteiger charge is 1.85. The van der Waals surface area contributed by atoms with Gasteiger partial charge in [0.05, 0.1) is 6.20 Å². The topological polar surface area (TPSA) is 43.1 Å². The molecular formula is C6H5NO2. The molecule has 0 saturated heterocycles.